The Labute approximate surface area is 128 Å². The summed E-state index contributed by atoms with van der Waals surface area (Å²) in [5.41, 5.74) is 9.48. The third-order valence-corrected chi connectivity index (χ3v) is 6.77. The molecule has 0 fully saturated rings. The first-order valence-corrected chi connectivity index (χ1v) is 9.13. The molecule has 0 amide bonds. The normalized spacial score (nSPS) is 16.9. The Balaban J connectivity index is 2.11. The molecule has 4 nitrogen and oxygen atoms in total. The van der Waals surface area contributed by atoms with Crippen molar-refractivity contribution in [3.63, 3.8) is 0 Å². The molecule has 0 spiro atoms. The molecule has 0 aliphatic carbocycles. The van der Waals surface area contributed by atoms with Gasteiger partial charge in [0.05, 0.1) is 10.5 Å². The molecule has 0 aromatic heterocycles. The summed E-state index contributed by atoms with van der Waals surface area (Å²) in [6.45, 7) is 8.70. The Bertz CT molecular complexity index is 616. The van der Waals surface area contributed by atoms with E-state index in [9.17, 15) is 8.42 Å². The fourth-order valence-electron chi connectivity index (χ4n) is 2.54. The van der Waals surface area contributed by atoms with Crippen LogP contribution in [0.4, 0.5) is 5.69 Å². The molecule has 21 heavy (non-hydrogen) atoms. The summed E-state index contributed by atoms with van der Waals surface area (Å²) in [5, 5.41) is 0. The molecule has 0 radical (unpaired) electrons. The smallest absolute Gasteiger partial charge is 0.156 e. The van der Waals surface area contributed by atoms with E-state index in [2.05, 4.69) is 17.0 Å². The molecule has 1 aliphatic rings. The Morgan fingerprint density at radius 1 is 1.33 bits per heavy atom. The SMILES string of the molecule is CC(N)c1ccc2c(c1)CCN2CCS(=O)(=O)C(C)(C)C. The topological polar surface area (TPSA) is 63.4 Å². The quantitative estimate of drug-likeness (QED) is 0.927. The van der Waals surface area contributed by atoms with E-state index in [4.69, 9.17) is 5.73 Å². The van der Waals surface area contributed by atoms with Crippen LogP contribution < -0.4 is 10.6 Å². The van der Waals surface area contributed by atoms with Gasteiger partial charge in [-0.05, 0) is 51.3 Å². The van der Waals surface area contributed by atoms with Gasteiger partial charge in [-0.15, -0.1) is 0 Å². The number of nitrogens with two attached hydrogens (primary N) is 1. The molecule has 0 saturated heterocycles. The summed E-state index contributed by atoms with van der Waals surface area (Å²) in [7, 11) is -3.07. The number of nitrogens with zero attached hydrogens (tertiary/aromatic N) is 1. The second-order valence-corrected chi connectivity index (χ2v) is 9.71. The van der Waals surface area contributed by atoms with Crippen LogP contribution in [0.25, 0.3) is 0 Å². The zero-order chi connectivity index (χ0) is 15.8. The van der Waals surface area contributed by atoms with Gasteiger partial charge in [0.15, 0.2) is 9.84 Å². The molecule has 1 heterocycles. The Morgan fingerprint density at radius 2 is 2.00 bits per heavy atom. The number of rotatable bonds is 4. The number of hydrogen-bond acceptors (Lipinski definition) is 4. The molecule has 0 bridgehead atoms. The molecular weight excluding hydrogens is 284 g/mol. The maximum atomic E-state index is 12.2. The second-order valence-electron chi connectivity index (χ2n) is 6.85. The second kappa shape index (κ2) is 5.61. The van der Waals surface area contributed by atoms with Gasteiger partial charge in [0.2, 0.25) is 0 Å². The van der Waals surface area contributed by atoms with Gasteiger partial charge in [0.25, 0.3) is 0 Å². The lowest BCUT2D eigenvalue weighted by molar-refractivity contribution is 0.559. The third kappa shape index (κ3) is 3.40. The number of benzene rings is 1. The molecule has 1 aliphatic heterocycles. The van der Waals surface area contributed by atoms with Crippen LogP contribution in [0.1, 0.15) is 44.9 Å². The summed E-state index contributed by atoms with van der Waals surface area (Å²) in [6, 6.07) is 6.30. The highest BCUT2D eigenvalue weighted by molar-refractivity contribution is 7.92. The molecule has 1 aromatic carbocycles. The Hall–Kier alpha value is -1.07. The molecule has 1 aromatic rings. The predicted octanol–water partition coefficient (Wildman–Crippen LogP) is 2.28. The lowest BCUT2D eigenvalue weighted by atomic mass is 10.0. The van der Waals surface area contributed by atoms with Crippen LogP contribution in [-0.2, 0) is 16.3 Å². The monoisotopic (exact) mass is 310 g/mol. The highest BCUT2D eigenvalue weighted by atomic mass is 32.2. The van der Waals surface area contributed by atoms with Crippen molar-refractivity contribution < 1.29 is 8.42 Å². The minimum Gasteiger partial charge on any atom is -0.370 e. The van der Waals surface area contributed by atoms with Gasteiger partial charge in [-0.3, -0.25) is 0 Å². The van der Waals surface area contributed by atoms with E-state index in [-0.39, 0.29) is 11.8 Å². The molecular formula is C16H26N2O2S. The van der Waals surface area contributed by atoms with Crippen LogP contribution in [0.2, 0.25) is 0 Å². The zero-order valence-electron chi connectivity index (χ0n) is 13.4. The maximum Gasteiger partial charge on any atom is 0.156 e. The highest BCUT2D eigenvalue weighted by Crippen LogP contribution is 2.30. The molecule has 2 N–H and O–H groups in total. The fraction of sp³-hybridized carbons (Fsp3) is 0.625. The van der Waals surface area contributed by atoms with E-state index in [0.717, 1.165) is 24.2 Å². The first-order valence-electron chi connectivity index (χ1n) is 7.47. The molecule has 1 atom stereocenters. The summed E-state index contributed by atoms with van der Waals surface area (Å²) in [4.78, 5) is 2.17. The average Bonchev–Trinajstić information content (AvgIpc) is 2.77. The summed E-state index contributed by atoms with van der Waals surface area (Å²) >= 11 is 0. The maximum absolute atomic E-state index is 12.2. The molecule has 118 valence electrons. The lowest BCUT2D eigenvalue weighted by Crippen LogP contribution is -2.36. The summed E-state index contributed by atoms with van der Waals surface area (Å²) in [6.07, 6.45) is 0.964. The fourth-order valence-corrected chi connectivity index (χ4v) is 3.62. The Kier molecular flexibility index (Phi) is 4.36. The van der Waals surface area contributed by atoms with Crippen molar-refractivity contribution in [1.82, 2.24) is 0 Å². The number of fused-ring (bicyclic) bond motifs is 1. The van der Waals surface area contributed by atoms with E-state index in [1.165, 1.54) is 5.56 Å². The Morgan fingerprint density at radius 3 is 2.57 bits per heavy atom. The van der Waals surface area contributed by atoms with Gasteiger partial charge < -0.3 is 10.6 Å². The van der Waals surface area contributed by atoms with Crippen molar-refractivity contribution in [3.05, 3.63) is 29.3 Å². The van der Waals surface area contributed by atoms with Gasteiger partial charge >= 0.3 is 0 Å². The van der Waals surface area contributed by atoms with E-state index >= 15 is 0 Å². The van der Waals surface area contributed by atoms with Crippen LogP contribution in [0.15, 0.2) is 18.2 Å². The molecule has 0 saturated carbocycles. The van der Waals surface area contributed by atoms with Crippen LogP contribution in [0.3, 0.4) is 0 Å². The zero-order valence-corrected chi connectivity index (χ0v) is 14.2. The van der Waals surface area contributed by atoms with Gasteiger partial charge in [-0.1, -0.05) is 12.1 Å². The number of hydrogen-bond donors (Lipinski definition) is 1. The van der Waals surface area contributed by atoms with Crippen LogP contribution in [0, 0.1) is 0 Å². The van der Waals surface area contributed by atoms with Crippen molar-refractivity contribution >= 4 is 15.5 Å². The van der Waals surface area contributed by atoms with Crippen molar-refractivity contribution in [2.45, 2.75) is 44.9 Å². The highest BCUT2D eigenvalue weighted by Gasteiger charge is 2.30. The van der Waals surface area contributed by atoms with Gasteiger partial charge in [0, 0.05) is 24.8 Å². The van der Waals surface area contributed by atoms with E-state index in [1.54, 1.807) is 20.8 Å². The van der Waals surface area contributed by atoms with Crippen LogP contribution in [-0.4, -0.2) is 32.0 Å². The van der Waals surface area contributed by atoms with E-state index in [1.807, 2.05) is 13.0 Å². The molecule has 2 rings (SSSR count). The summed E-state index contributed by atoms with van der Waals surface area (Å²) in [5.74, 6) is 0.199. The largest absolute Gasteiger partial charge is 0.370 e. The molecule has 5 heteroatoms. The number of anilines is 1. The first-order chi connectivity index (χ1) is 9.62. The first kappa shape index (κ1) is 16.3. The van der Waals surface area contributed by atoms with Gasteiger partial charge in [-0.25, -0.2) is 8.42 Å². The van der Waals surface area contributed by atoms with Gasteiger partial charge in [0.1, 0.15) is 0 Å². The van der Waals surface area contributed by atoms with Crippen molar-refractivity contribution in [1.29, 1.82) is 0 Å². The van der Waals surface area contributed by atoms with E-state index in [0.29, 0.717) is 6.54 Å². The van der Waals surface area contributed by atoms with E-state index < -0.39 is 14.6 Å². The van der Waals surface area contributed by atoms with Crippen molar-refractivity contribution in [3.8, 4) is 0 Å². The minimum atomic E-state index is -3.07. The van der Waals surface area contributed by atoms with Gasteiger partial charge in [-0.2, -0.15) is 0 Å². The molecule has 1 unspecified atom stereocenters. The number of sulfone groups is 1. The third-order valence-electron chi connectivity index (χ3n) is 4.18. The van der Waals surface area contributed by atoms with Crippen molar-refractivity contribution in [2.75, 3.05) is 23.7 Å². The standard InChI is InChI=1S/C16H26N2O2S/c1-12(17)13-5-6-15-14(11-13)7-8-18(15)9-10-21(19,20)16(2,3)4/h5-6,11-12H,7-10,17H2,1-4H3. The minimum absolute atomic E-state index is 0.0330. The van der Waals surface area contributed by atoms with Crippen LogP contribution >= 0.6 is 0 Å². The predicted molar refractivity (Wildman–Crippen MR) is 88.5 cm³/mol. The lowest BCUT2D eigenvalue weighted by Gasteiger charge is -2.24. The average molecular weight is 310 g/mol. The van der Waals surface area contributed by atoms with Crippen LogP contribution in [0.5, 0.6) is 0 Å². The summed E-state index contributed by atoms with van der Waals surface area (Å²) < 4.78 is 23.8. The van der Waals surface area contributed by atoms with Crippen molar-refractivity contribution in [2.24, 2.45) is 5.73 Å².